The van der Waals surface area contributed by atoms with Gasteiger partial charge < -0.3 is 16.0 Å². The molecule has 5 heteroatoms. The summed E-state index contributed by atoms with van der Waals surface area (Å²) in [5.74, 6) is 2.60. The number of nitrogens with one attached hydrogen (secondary N) is 1. The zero-order valence-electron chi connectivity index (χ0n) is 10.4. The summed E-state index contributed by atoms with van der Waals surface area (Å²) in [6.07, 6.45) is 5.25. The zero-order valence-corrected chi connectivity index (χ0v) is 10.4. The van der Waals surface area contributed by atoms with Crippen molar-refractivity contribution in [2.75, 3.05) is 36.9 Å². The Kier molecular flexibility index (Phi) is 4.14. The topological polar surface area (TPSA) is 67.1 Å². The van der Waals surface area contributed by atoms with E-state index in [1.807, 2.05) is 13.1 Å². The van der Waals surface area contributed by atoms with Gasteiger partial charge in [0.1, 0.15) is 18.0 Å². The van der Waals surface area contributed by atoms with Crippen molar-refractivity contribution in [1.82, 2.24) is 9.97 Å². The normalized spacial score (nSPS) is 20.4. The van der Waals surface area contributed by atoms with E-state index in [1.54, 1.807) is 6.33 Å². The van der Waals surface area contributed by atoms with Gasteiger partial charge in [-0.15, -0.1) is 0 Å². The summed E-state index contributed by atoms with van der Waals surface area (Å²) in [5, 5.41) is 3.05. The van der Waals surface area contributed by atoms with E-state index in [0.29, 0.717) is 5.92 Å². The highest BCUT2D eigenvalue weighted by atomic mass is 15.2. The average molecular weight is 235 g/mol. The minimum Gasteiger partial charge on any atom is -0.373 e. The number of piperidine rings is 1. The van der Waals surface area contributed by atoms with Gasteiger partial charge in [-0.05, 0) is 31.7 Å². The van der Waals surface area contributed by atoms with Crippen LogP contribution in [0.4, 0.5) is 11.6 Å². The number of rotatable bonds is 4. The van der Waals surface area contributed by atoms with Crippen LogP contribution in [0.25, 0.3) is 0 Å². The Labute approximate surface area is 102 Å². The monoisotopic (exact) mass is 235 g/mol. The first-order valence-electron chi connectivity index (χ1n) is 6.28. The summed E-state index contributed by atoms with van der Waals surface area (Å²) in [4.78, 5) is 10.8. The van der Waals surface area contributed by atoms with Crippen LogP contribution in [0.2, 0.25) is 0 Å². The molecular weight excluding hydrogens is 214 g/mol. The van der Waals surface area contributed by atoms with Gasteiger partial charge in [0.05, 0.1) is 0 Å². The molecule has 1 aromatic heterocycles. The second-order valence-corrected chi connectivity index (χ2v) is 4.54. The van der Waals surface area contributed by atoms with Crippen LogP contribution >= 0.6 is 0 Å². The van der Waals surface area contributed by atoms with Gasteiger partial charge in [-0.1, -0.05) is 0 Å². The highest BCUT2D eigenvalue weighted by Crippen LogP contribution is 2.23. The SMILES string of the molecule is CNc1cc(N2CCCC(CCN)C2)ncn1. The first kappa shape index (κ1) is 12.1. The molecule has 0 spiro atoms. The Hall–Kier alpha value is -1.36. The second-order valence-electron chi connectivity index (χ2n) is 4.54. The highest BCUT2D eigenvalue weighted by Gasteiger charge is 2.20. The minimum atomic E-state index is 0.710. The first-order chi connectivity index (χ1) is 8.33. The number of hydrogen-bond acceptors (Lipinski definition) is 5. The summed E-state index contributed by atoms with van der Waals surface area (Å²) in [7, 11) is 1.87. The van der Waals surface area contributed by atoms with Crippen molar-refractivity contribution < 1.29 is 0 Å². The maximum Gasteiger partial charge on any atom is 0.134 e. The minimum absolute atomic E-state index is 0.710. The van der Waals surface area contributed by atoms with Gasteiger partial charge in [-0.3, -0.25) is 0 Å². The molecule has 94 valence electrons. The molecule has 1 fully saturated rings. The number of anilines is 2. The van der Waals surface area contributed by atoms with Gasteiger partial charge in [0.25, 0.3) is 0 Å². The fourth-order valence-electron chi connectivity index (χ4n) is 2.40. The Balaban J connectivity index is 2.05. The third-order valence-electron chi connectivity index (χ3n) is 3.33. The fourth-order valence-corrected chi connectivity index (χ4v) is 2.40. The molecule has 0 amide bonds. The van der Waals surface area contributed by atoms with Crippen LogP contribution < -0.4 is 16.0 Å². The number of nitrogens with zero attached hydrogens (tertiary/aromatic N) is 3. The molecular formula is C12H21N5. The number of hydrogen-bond donors (Lipinski definition) is 2. The van der Waals surface area contributed by atoms with E-state index in [1.165, 1.54) is 12.8 Å². The molecule has 1 aliphatic rings. The lowest BCUT2D eigenvalue weighted by Gasteiger charge is -2.33. The first-order valence-corrected chi connectivity index (χ1v) is 6.28. The smallest absolute Gasteiger partial charge is 0.134 e. The molecule has 1 unspecified atom stereocenters. The van der Waals surface area contributed by atoms with Crippen LogP contribution in [0.15, 0.2) is 12.4 Å². The third-order valence-corrected chi connectivity index (χ3v) is 3.33. The molecule has 5 nitrogen and oxygen atoms in total. The van der Waals surface area contributed by atoms with Crippen molar-refractivity contribution in [1.29, 1.82) is 0 Å². The molecule has 2 rings (SSSR count). The van der Waals surface area contributed by atoms with Crippen molar-refractivity contribution in [2.24, 2.45) is 11.7 Å². The predicted molar refractivity (Wildman–Crippen MR) is 70.2 cm³/mol. The van der Waals surface area contributed by atoms with Crippen molar-refractivity contribution in [3.8, 4) is 0 Å². The standard InChI is InChI=1S/C12H21N5/c1-14-11-7-12(16-9-15-11)17-6-2-3-10(8-17)4-5-13/h7,9-10H,2-6,8,13H2,1H3,(H,14,15,16). The molecule has 2 heterocycles. The summed E-state index contributed by atoms with van der Waals surface area (Å²) in [6, 6.07) is 2.00. The average Bonchev–Trinajstić information content (AvgIpc) is 2.40. The Bertz CT molecular complexity index is 353. The lowest BCUT2D eigenvalue weighted by Crippen LogP contribution is -2.36. The maximum absolute atomic E-state index is 5.63. The van der Waals surface area contributed by atoms with Crippen LogP contribution in [-0.2, 0) is 0 Å². The molecule has 17 heavy (non-hydrogen) atoms. The van der Waals surface area contributed by atoms with E-state index < -0.39 is 0 Å². The van der Waals surface area contributed by atoms with Gasteiger partial charge in [0, 0.05) is 26.2 Å². The Morgan fingerprint density at radius 1 is 1.53 bits per heavy atom. The summed E-state index contributed by atoms with van der Waals surface area (Å²) in [6.45, 7) is 2.93. The molecule has 1 saturated heterocycles. The van der Waals surface area contributed by atoms with E-state index in [-0.39, 0.29) is 0 Å². The quantitative estimate of drug-likeness (QED) is 0.817. The van der Waals surface area contributed by atoms with Crippen molar-refractivity contribution in [3.05, 3.63) is 12.4 Å². The molecule has 0 bridgehead atoms. The van der Waals surface area contributed by atoms with Crippen LogP contribution in [-0.4, -0.2) is 36.6 Å². The summed E-state index contributed by atoms with van der Waals surface area (Å²) < 4.78 is 0. The van der Waals surface area contributed by atoms with Crippen molar-refractivity contribution >= 4 is 11.6 Å². The fraction of sp³-hybridized carbons (Fsp3) is 0.667. The Morgan fingerprint density at radius 2 is 2.41 bits per heavy atom. The third kappa shape index (κ3) is 3.06. The molecule has 0 radical (unpaired) electrons. The Morgan fingerprint density at radius 3 is 3.18 bits per heavy atom. The predicted octanol–water partition coefficient (Wildman–Crippen LogP) is 1.08. The van der Waals surface area contributed by atoms with Gasteiger partial charge in [-0.25, -0.2) is 9.97 Å². The summed E-state index contributed by atoms with van der Waals surface area (Å²) in [5.41, 5.74) is 5.63. The van der Waals surface area contributed by atoms with Gasteiger partial charge in [-0.2, -0.15) is 0 Å². The molecule has 3 N–H and O–H groups in total. The second kappa shape index (κ2) is 5.82. The van der Waals surface area contributed by atoms with Gasteiger partial charge >= 0.3 is 0 Å². The van der Waals surface area contributed by atoms with E-state index in [4.69, 9.17) is 5.73 Å². The van der Waals surface area contributed by atoms with E-state index in [2.05, 4.69) is 20.2 Å². The molecule has 1 aromatic rings. The molecule has 1 atom stereocenters. The van der Waals surface area contributed by atoms with Crippen molar-refractivity contribution in [2.45, 2.75) is 19.3 Å². The zero-order chi connectivity index (χ0) is 12.1. The van der Waals surface area contributed by atoms with E-state index >= 15 is 0 Å². The number of aromatic nitrogens is 2. The molecule has 1 aliphatic heterocycles. The number of nitrogens with two attached hydrogens (primary N) is 1. The van der Waals surface area contributed by atoms with E-state index in [9.17, 15) is 0 Å². The highest BCUT2D eigenvalue weighted by molar-refractivity contribution is 5.48. The molecule has 0 saturated carbocycles. The van der Waals surface area contributed by atoms with Gasteiger partial charge in [0.15, 0.2) is 0 Å². The maximum atomic E-state index is 5.63. The van der Waals surface area contributed by atoms with Crippen LogP contribution in [0.3, 0.4) is 0 Å². The molecule has 0 aliphatic carbocycles. The van der Waals surface area contributed by atoms with Gasteiger partial charge in [0.2, 0.25) is 0 Å². The van der Waals surface area contributed by atoms with Crippen LogP contribution in [0.5, 0.6) is 0 Å². The van der Waals surface area contributed by atoms with E-state index in [0.717, 1.165) is 37.7 Å². The summed E-state index contributed by atoms with van der Waals surface area (Å²) >= 11 is 0. The lowest BCUT2D eigenvalue weighted by atomic mass is 9.95. The molecule has 0 aromatic carbocycles. The lowest BCUT2D eigenvalue weighted by molar-refractivity contribution is 0.394. The van der Waals surface area contributed by atoms with Crippen LogP contribution in [0.1, 0.15) is 19.3 Å². The largest absolute Gasteiger partial charge is 0.373 e. The van der Waals surface area contributed by atoms with Crippen LogP contribution in [0, 0.1) is 5.92 Å². The van der Waals surface area contributed by atoms with Crippen molar-refractivity contribution in [3.63, 3.8) is 0 Å².